The molecule has 0 saturated carbocycles. The Balaban J connectivity index is 2.20. The third-order valence-corrected chi connectivity index (χ3v) is 3.51. The van der Waals surface area contributed by atoms with Gasteiger partial charge in [-0.25, -0.2) is 0 Å². The van der Waals surface area contributed by atoms with Crippen molar-refractivity contribution in [3.05, 3.63) is 35.9 Å². The fourth-order valence-corrected chi connectivity index (χ4v) is 2.40. The highest BCUT2D eigenvalue weighted by Gasteiger charge is 2.01. The van der Waals surface area contributed by atoms with E-state index in [-0.39, 0.29) is 6.10 Å². The first-order valence-electron chi connectivity index (χ1n) is 4.18. The maximum atomic E-state index is 9.27. The molecule has 0 aliphatic rings. The highest BCUT2D eigenvalue weighted by Crippen LogP contribution is 2.13. The van der Waals surface area contributed by atoms with Crippen molar-refractivity contribution in [1.82, 2.24) is 0 Å². The molecule has 1 nitrogen and oxygen atoms in total. The Morgan fingerprint density at radius 1 is 1.31 bits per heavy atom. The van der Waals surface area contributed by atoms with Crippen LogP contribution in [0.4, 0.5) is 0 Å². The molecule has 1 atom stereocenters. The van der Waals surface area contributed by atoms with E-state index in [9.17, 15) is 5.11 Å². The summed E-state index contributed by atoms with van der Waals surface area (Å²) in [7, 11) is 0. The highest BCUT2D eigenvalue weighted by molar-refractivity contribution is 9.09. The average molecular weight is 261 g/mol. The SMILES string of the molecule is OC(CBr)CSCc1ccccc1. The van der Waals surface area contributed by atoms with Crippen LogP contribution in [0.1, 0.15) is 5.56 Å². The standard InChI is InChI=1S/C10H13BrOS/c11-6-10(12)8-13-7-9-4-2-1-3-5-9/h1-5,10,12H,6-8H2. The van der Waals surface area contributed by atoms with Crippen molar-refractivity contribution in [3.8, 4) is 0 Å². The lowest BCUT2D eigenvalue weighted by Gasteiger charge is -2.05. The van der Waals surface area contributed by atoms with E-state index in [1.807, 2.05) is 18.2 Å². The van der Waals surface area contributed by atoms with Crippen LogP contribution in [0, 0.1) is 0 Å². The molecule has 0 aliphatic carbocycles. The molecule has 0 aromatic heterocycles. The van der Waals surface area contributed by atoms with Crippen LogP contribution in [0.15, 0.2) is 30.3 Å². The number of halogens is 1. The lowest BCUT2D eigenvalue weighted by atomic mass is 10.2. The Hall–Kier alpha value is 0.0100. The summed E-state index contributed by atoms with van der Waals surface area (Å²) in [6.45, 7) is 0. The van der Waals surface area contributed by atoms with Crippen LogP contribution in [0.25, 0.3) is 0 Å². The summed E-state index contributed by atoms with van der Waals surface area (Å²) in [5, 5.41) is 9.93. The second-order valence-corrected chi connectivity index (χ2v) is 4.49. The number of benzene rings is 1. The Morgan fingerprint density at radius 3 is 2.62 bits per heavy atom. The molecule has 0 heterocycles. The van der Waals surface area contributed by atoms with E-state index in [4.69, 9.17) is 0 Å². The van der Waals surface area contributed by atoms with E-state index < -0.39 is 0 Å². The number of rotatable bonds is 5. The summed E-state index contributed by atoms with van der Waals surface area (Å²) < 4.78 is 0. The lowest BCUT2D eigenvalue weighted by molar-refractivity contribution is 0.226. The van der Waals surface area contributed by atoms with Gasteiger partial charge in [0.25, 0.3) is 0 Å². The van der Waals surface area contributed by atoms with Crippen LogP contribution in [-0.4, -0.2) is 22.3 Å². The fraction of sp³-hybridized carbons (Fsp3) is 0.400. The van der Waals surface area contributed by atoms with Gasteiger partial charge in [-0.1, -0.05) is 46.3 Å². The van der Waals surface area contributed by atoms with E-state index in [2.05, 4.69) is 28.1 Å². The molecule has 1 unspecified atom stereocenters. The van der Waals surface area contributed by atoms with Crippen LogP contribution in [0.2, 0.25) is 0 Å². The zero-order valence-electron chi connectivity index (χ0n) is 7.32. The molecule has 0 spiro atoms. The van der Waals surface area contributed by atoms with Gasteiger partial charge in [0, 0.05) is 16.8 Å². The van der Waals surface area contributed by atoms with Gasteiger partial charge in [-0.05, 0) is 5.56 Å². The monoisotopic (exact) mass is 260 g/mol. The van der Waals surface area contributed by atoms with Crippen LogP contribution in [-0.2, 0) is 5.75 Å². The Bertz CT molecular complexity index is 228. The first kappa shape index (κ1) is 11.1. The van der Waals surface area contributed by atoms with Crippen LogP contribution in [0.3, 0.4) is 0 Å². The predicted octanol–water partition coefficient (Wildman–Crippen LogP) is 2.68. The molecule has 0 radical (unpaired) electrons. The van der Waals surface area contributed by atoms with Crippen molar-refractivity contribution in [2.45, 2.75) is 11.9 Å². The summed E-state index contributed by atoms with van der Waals surface area (Å²) in [6, 6.07) is 10.3. The van der Waals surface area contributed by atoms with Gasteiger partial charge in [-0.15, -0.1) is 0 Å². The van der Waals surface area contributed by atoms with Crippen molar-refractivity contribution in [2.75, 3.05) is 11.1 Å². The zero-order chi connectivity index (χ0) is 9.52. The second-order valence-electron chi connectivity index (χ2n) is 2.81. The highest BCUT2D eigenvalue weighted by atomic mass is 79.9. The summed E-state index contributed by atoms with van der Waals surface area (Å²) in [4.78, 5) is 0. The predicted molar refractivity (Wildman–Crippen MR) is 62.4 cm³/mol. The van der Waals surface area contributed by atoms with Crippen LogP contribution < -0.4 is 0 Å². The summed E-state index contributed by atoms with van der Waals surface area (Å²) in [6.07, 6.45) is -0.228. The Kier molecular flexibility index (Phi) is 5.51. The van der Waals surface area contributed by atoms with Crippen LogP contribution in [0.5, 0.6) is 0 Å². The third-order valence-electron chi connectivity index (χ3n) is 1.60. The molecule has 0 fully saturated rings. The van der Waals surface area contributed by atoms with Crippen molar-refractivity contribution < 1.29 is 5.11 Å². The molecule has 1 aromatic carbocycles. The first-order chi connectivity index (χ1) is 6.33. The Morgan fingerprint density at radius 2 is 2.00 bits per heavy atom. The van der Waals surface area contributed by atoms with Gasteiger partial charge in [0.2, 0.25) is 0 Å². The zero-order valence-corrected chi connectivity index (χ0v) is 9.72. The van der Waals surface area contributed by atoms with Gasteiger partial charge in [0.15, 0.2) is 0 Å². The summed E-state index contributed by atoms with van der Waals surface area (Å²) in [5.41, 5.74) is 1.31. The number of hydrogen-bond acceptors (Lipinski definition) is 2. The first-order valence-corrected chi connectivity index (χ1v) is 6.46. The molecule has 13 heavy (non-hydrogen) atoms. The van der Waals surface area contributed by atoms with Gasteiger partial charge < -0.3 is 5.11 Å². The molecule has 0 bridgehead atoms. The van der Waals surface area contributed by atoms with Crippen LogP contribution >= 0.6 is 27.7 Å². The molecule has 0 aliphatic heterocycles. The normalized spacial score (nSPS) is 12.8. The van der Waals surface area contributed by atoms with Crippen molar-refractivity contribution in [2.24, 2.45) is 0 Å². The second kappa shape index (κ2) is 6.46. The molecule has 0 amide bonds. The van der Waals surface area contributed by atoms with Gasteiger partial charge in [0.05, 0.1) is 6.10 Å². The fourth-order valence-electron chi connectivity index (χ4n) is 0.932. The number of aliphatic hydroxyl groups is 1. The smallest absolute Gasteiger partial charge is 0.0727 e. The van der Waals surface area contributed by atoms with E-state index in [1.165, 1.54) is 5.56 Å². The van der Waals surface area contributed by atoms with Crippen molar-refractivity contribution in [3.63, 3.8) is 0 Å². The quantitative estimate of drug-likeness (QED) is 0.822. The largest absolute Gasteiger partial charge is 0.391 e. The summed E-state index contributed by atoms with van der Waals surface area (Å²) >= 11 is 5.00. The molecular weight excluding hydrogens is 248 g/mol. The van der Waals surface area contributed by atoms with E-state index >= 15 is 0 Å². The maximum Gasteiger partial charge on any atom is 0.0727 e. The number of alkyl halides is 1. The van der Waals surface area contributed by atoms with E-state index in [1.54, 1.807) is 11.8 Å². The number of hydrogen-bond donors (Lipinski definition) is 1. The van der Waals surface area contributed by atoms with Gasteiger partial charge in [-0.3, -0.25) is 0 Å². The topological polar surface area (TPSA) is 20.2 Å². The average Bonchev–Trinajstić information content (AvgIpc) is 2.19. The minimum atomic E-state index is -0.228. The molecule has 3 heteroatoms. The number of aliphatic hydroxyl groups excluding tert-OH is 1. The molecule has 72 valence electrons. The van der Waals surface area contributed by atoms with Gasteiger partial charge in [-0.2, -0.15) is 11.8 Å². The van der Waals surface area contributed by atoms with Crippen molar-refractivity contribution >= 4 is 27.7 Å². The lowest BCUT2D eigenvalue weighted by Crippen LogP contribution is -2.10. The van der Waals surface area contributed by atoms with Gasteiger partial charge >= 0.3 is 0 Å². The molecular formula is C10H13BrOS. The van der Waals surface area contributed by atoms with Crippen molar-refractivity contribution in [1.29, 1.82) is 0 Å². The molecule has 1 rings (SSSR count). The Labute approximate surface area is 91.7 Å². The van der Waals surface area contributed by atoms with E-state index in [0.29, 0.717) is 5.33 Å². The molecule has 0 saturated heterocycles. The number of thioether (sulfide) groups is 1. The minimum absolute atomic E-state index is 0.228. The van der Waals surface area contributed by atoms with E-state index in [0.717, 1.165) is 11.5 Å². The van der Waals surface area contributed by atoms with Gasteiger partial charge in [0.1, 0.15) is 0 Å². The third kappa shape index (κ3) is 4.69. The maximum absolute atomic E-state index is 9.27. The molecule has 1 N–H and O–H groups in total. The minimum Gasteiger partial charge on any atom is -0.391 e. The molecule has 1 aromatic rings. The summed E-state index contributed by atoms with van der Waals surface area (Å²) in [5.74, 6) is 1.77.